The van der Waals surface area contributed by atoms with Gasteiger partial charge in [0.15, 0.2) is 5.78 Å². The van der Waals surface area contributed by atoms with Crippen LogP contribution in [0, 0.1) is 56.7 Å². The van der Waals surface area contributed by atoms with Crippen LogP contribution in [-0.2, 0) is 14.3 Å². The molecule has 250 valence electrons. The Morgan fingerprint density at radius 2 is 1.67 bits per heavy atom. The number of aliphatic hydroxyl groups excluding tert-OH is 1. The smallest absolute Gasteiger partial charge is 0.309 e. The summed E-state index contributed by atoms with van der Waals surface area (Å²) in [5.41, 5.74) is 5.37. The van der Waals surface area contributed by atoms with Gasteiger partial charge >= 0.3 is 5.97 Å². The summed E-state index contributed by atoms with van der Waals surface area (Å²) in [6, 6.07) is 0. The molecule has 0 bridgehead atoms. The molecule has 45 heavy (non-hydrogen) atoms. The van der Waals surface area contributed by atoms with Crippen molar-refractivity contribution in [3.05, 3.63) is 34.4 Å². The van der Waals surface area contributed by atoms with Crippen LogP contribution in [0.4, 0.5) is 0 Å². The Balaban J connectivity index is 1.30. The SMILES string of the molecule is CC(C)C1=C2[C@H]3CC[C@@H]4[C@@]5(C)CC=C(C6=CCC(C(=O)OC(C)(C)C)CC6)C(C)(C)[C@@H]5CC[C@@]4(C)[C@]3(C)CC[C@@]2(CO)CC1=O. The van der Waals surface area contributed by atoms with Gasteiger partial charge in [0.1, 0.15) is 5.60 Å². The Morgan fingerprint density at radius 3 is 2.27 bits per heavy atom. The summed E-state index contributed by atoms with van der Waals surface area (Å²) >= 11 is 0. The molecule has 0 aromatic carbocycles. The van der Waals surface area contributed by atoms with E-state index in [1.54, 1.807) is 0 Å². The highest BCUT2D eigenvalue weighted by atomic mass is 16.6. The summed E-state index contributed by atoms with van der Waals surface area (Å²) in [6.07, 6.45) is 16.2. The molecule has 0 aromatic heterocycles. The van der Waals surface area contributed by atoms with Crippen LogP contribution >= 0.6 is 0 Å². The fourth-order valence-corrected chi connectivity index (χ4v) is 12.8. The van der Waals surface area contributed by atoms with E-state index < -0.39 is 5.60 Å². The van der Waals surface area contributed by atoms with Crippen molar-refractivity contribution in [2.24, 2.45) is 56.7 Å². The van der Waals surface area contributed by atoms with E-state index in [1.165, 1.54) is 36.0 Å². The highest BCUT2D eigenvalue weighted by molar-refractivity contribution is 6.00. The summed E-state index contributed by atoms with van der Waals surface area (Å²) in [5, 5.41) is 10.8. The number of hydrogen-bond donors (Lipinski definition) is 1. The van der Waals surface area contributed by atoms with Crippen molar-refractivity contribution in [1.29, 1.82) is 0 Å². The van der Waals surface area contributed by atoms with Crippen LogP contribution in [0.3, 0.4) is 0 Å². The first-order chi connectivity index (χ1) is 20.8. The summed E-state index contributed by atoms with van der Waals surface area (Å²) in [4.78, 5) is 26.3. The second-order valence-electron chi connectivity index (χ2n) is 18.9. The summed E-state index contributed by atoms with van der Waals surface area (Å²) < 4.78 is 5.73. The molecule has 6 rings (SSSR count). The average molecular weight is 619 g/mol. The second kappa shape index (κ2) is 10.7. The molecule has 0 aliphatic heterocycles. The minimum absolute atomic E-state index is 0.0292. The Hall–Kier alpha value is -1.68. The maximum atomic E-state index is 13.5. The predicted molar refractivity (Wildman–Crippen MR) is 181 cm³/mol. The molecular formula is C41H62O4. The van der Waals surface area contributed by atoms with Crippen LogP contribution in [-0.4, -0.2) is 29.1 Å². The topological polar surface area (TPSA) is 63.6 Å². The van der Waals surface area contributed by atoms with Gasteiger partial charge in [-0.2, -0.15) is 0 Å². The first-order valence-corrected chi connectivity index (χ1v) is 18.4. The van der Waals surface area contributed by atoms with E-state index in [0.29, 0.717) is 30.0 Å². The number of Topliss-reactive ketones (excluding diaryl/α,β-unsaturated/α-hetero) is 1. The van der Waals surface area contributed by atoms with Crippen LogP contribution in [0.15, 0.2) is 34.4 Å². The molecule has 1 N–H and O–H groups in total. The molecule has 6 aliphatic rings. The number of rotatable bonds is 4. The molecule has 4 nitrogen and oxygen atoms in total. The van der Waals surface area contributed by atoms with Crippen molar-refractivity contribution < 1.29 is 19.4 Å². The minimum Gasteiger partial charge on any atom is -0.460 e. The molecule has 0 saturated heterocycles. The van der Waals surface area contributed by atoms with Gasteiger partial charge in [-0.3, -0.25) is 9.59 Å². The molecular weight excluding hydrogens is 556 g/mol. The van der Waals surface area contributed by atoms with E-state index >= 15 is 0 Å². The van der Waals surface area contributed by atoms with Crippen LogP contribution < -0.4 is 0 Å². The highest BCUT2D eigenvalue weighted by Crippen LogP contribution is 2.76. The van der Waals surface area contributed by atoms with Crippen molar-refractivity contribution in [1.82, 2.24) is 0 Å². The number of carbonyl (C=O) groups excluding carboxylic acids is 2. The Morgan fingerprint density at radius 1 is 0.956 bits per heavy atom. The van der Waals surface area contributed by atoms with Crippen LogP contribution in [0.25, 0.3) is 0 Å². The molecule has 3 fully saturated rings. The minimum atomic E-state index is -0.438. The van der Waals surface area contributed by atoms with Gasteiger partial charge in [0.05, 0.1) is 12.5 Å². The normalized spacial score (nSPS) is 42.7. The third kappa shape index (κ3) is 4.75. The lowest BCUT2D eigenvalue weighted by Gasteiger charge is -2.71. The highest BCUT2D eigenvalue weighted by Gasteiger charge is 2.69. The molecule has 0 aromatic rings. The lowest BCUT2D eigenvalue weighted by atomic mass is 9.33. The number of hydrogen-bond acceptors (Lipinski definition) is 4. The quantitative estimate of drug-likeness (QED) is 0.319. The lowest BCUT2D eigenvalue weighted by Crippen LogP contribution is -2.64. The van der Waals surface area contributed by atoms with Gasteiger partial charge in [-0.05, 0) is 147 Å². The van der Waals surface area contributed by atoms with Gasteiger partial charge in [0.25, 0.3) is 0 Å². The Kier molecular flexibility index (Phi) is 7.87. The monoisotopic (exact) mass is 618 g/mol. The van der Waals surface area contributed by atoms with Gasteiger partial charge in [-0.25, -0.2) is 0 Å². The lowest BCUT2D eigenvalue weighted by molar-refractivity contribution is -0.199. The fraction of sp³-hybridized carbons (Fsp3) is 0.805. The van der Waals surface area contributed by atoms with Gasteiger partial charge in [-0.15, -0.1) is 0 Å². The third-order valence-corrected chi connectivity index (χ3v) is 15.0. The predicted octanol–water partition coefficient (Wildman–Crippen LogP) is 9.56. The average Bonchev–Trinajstić information content (AvgIpc) is 3.25. The standard InChI is InChI=1S/C41H62O4/c1-25(2)33-30(43)23-41(24-42)22-21-39(9)29(34(33)41)15-16-32-38(8)19-17-28(37(6,7)31(38)18-20-40(32,39)10)26-11-13-27(14-12-26)35(44)45-36(3,4)5/h11,17,25,27,29,31-32,42H,12-16,18-24H2,1-10H3/t27?,29-,31+,32-,38+,39-,40-,41+/m1/s1. The van der Waals surface area contributed by atoms with Gasteiger partial charge in [0, 0.05) is 11.8 Å². The zero-order valence-corrected chi connectivity index (χ0v) is 30.2. The largest absolute Gasteiger partial charge is 0.460 e. The van der Waals surface area contributed by atoms with Gasteiger partial charge < -0.3 is 9.84 Å². The number of carbonyl (C=O) groups is 2. The first-order valence-electron chi connectivity index (χ1n) is 18.4. The number of ketones is 1. The molecule has 0 heterocycles. The van der Waals surface area contributed by atoms with Crippen molar-refractivity contribution >= 4 is 11.8 Å². The van der Waals surface area contributed by atoms with Crippen molar-refractivity contribution in [2.75, 3.05) is 6.61 Å². The van der Waals surface area contributed by atoms with Gasteiger partial charge in [0.2, 0.25) is 0 Å². The molecule has 3 saturated carbocycles. The Labute approximate surface area is 273 Å². The number of ether oxygens (including phenoxy) is 1. The Bertz CT molecular complexity index is 1350. The third-order valence-electron chi connectivity index (χ3n) is 15.0. The summed E-state index contributed by atoms with van der Waals surface area (Å²) in [6.45, 7) is 23.2. The van der Waals surface area contributed by atoms with Crippen molar-refractivity contribution in [3.63, 3.8) is 0 Å². The van der Waals surface area contributed by atoms with E-state index in [1.807, 2.05) is 20.8 Å². The van der Waals surface area contributed by atoms with E-state index in [9.17, 15) is 14.7 Å². The summed E-state index contributed by atoms with van der Waals surface area (Å²) in [7, 11) is 0. The summed E-state index contributed by atoms with van der Waals surface area (Å²) in [5.74, 6) is 2.11. The number of fused-ring (bicyclic) bond motifs is 7. The first kappa shape index (κ1) is 33.2. The molecule has 0 amide bonds. The second-order valence-corrected chi connectivity index (χ2v) is 18.9. The van der Waals surface area contributed by atoms with E-state index in [4.69, 9.17) is 4.74 Å². The molecule has 6 aliphatic carbocycles. The number of allylic oxidation sites excluding steroid dienone is 5. The van der Waals surface area contributed by atoms with Crippen molar-refractivity contribution in [2.45, 2.75) is 145 Å². The molecule has 8 atom stereocenters. The molecule has 0 radical (unpaired) electrons. The van der Waals surface area contributed by atoms with Crippen molar-refractivity contribution in [3.8, 4) is 0 Å². The molecule has 4 heteroatoms. The molecule has 1 unspecified atom stereocenters. The fourth-order valence-electron chi connectivity index (χ4n) is 12.8. The molecule has 0 spiro atoms. The van der Waals surface area contributed by atoms with E-state index in [0.717, 1.165) is 50.5 Å². The zero-order valence-electron chi connectivity index (χ0n) is 30.2. The maximum absolute atomic E-state index is 13.5. The van der Waals surface area contributed by atoms with Crippen LogP contribution in [0.1, 0.15) is 140 Å². The zero-order chi connectivity index (χ0) is 33.0. The maximum Gasteiger partial charge on any atom is 0.309 e. The number of esters is 1. The van der Waals surface area contributed by atoms with Crippen LogP contribution in [0.5, 0.6) is 0 Å². The van der Waals surface area contributed by atoms with Crippen LogP contribution in [0.2, 0.25) is 0 Å². The van der Waals surface area contributed by atoms with Gasteiger partial charge in [-0.1, -0.05) is 66.2 Å². The van der Waals surface area contributed by atoms with E-state index in [-0.39, 0.29) is 51.5 Å². The number of aliphatic hydroxyl groups is 1. The van der Waals surface area contributed by atoms with E-state index in [2.05, 4.69) is 60.6 Å².